The van der Waals surface area contributed by atoms with Gasteiger partial charge in [-0.25, -0.2) is 0 Å². The lowest BCUT2D eigenvalue weighted by Crippen LogP contribution is -2.65. The van der Waals surface area contributed by atoms with Gasteiger partial charge in [-0.2, -0.15) is 0 Å². The van der Waals surface area contributed by atoms with Gasteiger partial charge in [-0.1, -0.05) is 65.7 Å². The van der Waals surface area contributed by atoms with Gasteiger partial charge in [0.2, 0.25) is 0 Å². The second kappa shape index (κ2) is 14.8. The molecule has 3 unspecified atom stereocenters. The molecule has 1 saturated heterocycles. The Balaban J connectivity index is 2.57. The van der Waals surface area contributed by atoms with Crippen LogP contribution in [0.15, 0.2) is 0 Å². The number of hydrogen-bond donors (Lipinski definition) is 3. The van der Waals surface area contributed by atoms with Crippen LogP contribution < -0.4 is 0 Å². The number of aliphatic hydroxyl groups excluding tert-OH is 3. The van der Waals surface area contributed by atoms with Crippen LogP contribution >= 0.6 is 0 Å². The van der Waals surface area contributed by atoms with Crippen molar-refractivity contribution in [2.45, 2.75) is 141 Å². The molecule has 180 valence electrons. The molecular formula is C24H48O6. The Morgan fingerprint density at radius 3 is 2.07 bits per heavy atom. The maximum absolute atomic E-state index is 10.8. The van der Waals surface area contributed by atoms with Gasteiger partial charge in [0.25, 0.3) is 0 Å². The molecule has 0 spiro atoms. The van der Waals surface area contributed by atoms with Gasteiger partial charge in [0.15, 0.2) is 0 Å². The topological polar surface area (TPSA) is 88.4 Å². The lowest BCUT2D eigenvalue weighted by Gasteiger charge is -2.48. The molecule has 0 aromatic rings. The summed E-state index contributed by atoms with van der Waals surface area (Å²) in [6.45, 7) is 10.4. The minimum Gasteiger partial charge on any atom is -0.394 e. The molecular weight excluding hydrogens is 384 g/mol. The Morgan fingerprint density at radius 2 is 1.53 bits per heavy atom. The highest BCUT2D eigenvalue weighted by atomic mass is 16.6. The Kier molecular flexibility index (Phi) is 13.7. The fraction of sp³-hybridized carbons (Fsp3) is 1.00. The zero-order valence-corrected chi connectivity index (χ0v) is 20.0. The van der Waals surface area contributed by atoms with E-state index in [0.717, 1.165) is 19.3 Å². The van der Waals surface area contributed by atoms with E-state index in [9.17, 15) is 15.3 Å². The van der Waals surface area contributed by atoms with Gasteiger partial charge in [-0.05, 0) is 33.1 Å². The molecule has 0 aromatic carbocycles. The van der Waals surface area contributed by atoms with Crippen LogP contribution in [0.3, 0.4) is 0 Å². The van der Waals surface area contributed by atoms with Crippen molar-refractivity contribution in [1.82, 2.24) is 0 Å². The van der Waals surface area contributed by atoms with Crippen molar-refractivity contribution in [2.24, 2.45) is 0 Å². The molecule has 6 nitrogen and oxygen atoms in total. The highest BCUT2D eigenvalue weighted by Crippen LogP contribution is 2.34. The monoisotopic (exact) mass is 432 g/mol. The molecule has 30 heavy (non-hydrogen) atoms. The predicted molar refractivity (Wildman–Crippen MR) is 120 cm³/mol. The second-order valence-corrected chi connectivity index (χ2v) is 9.07. The van der Waals surface area contributed by atoms with Gasteiger partial charge < -0.3 is 29.5 Å². The molecule has 1 heterocycles. The van der Waals surface area contributed by atoms with Gasteiger partial charge in [-0.15, -0.1) is 0 Å². The van der Waals surface area contributed by atoms with Crippen LogP contribution in [-0.4, -0.2) is 70.8 Å². The van der Waals surface area contributed by atoms with Crippen molar-refractivity contribution >= 4 is 0 Å². The molecule has 1 rings (SSSR count). The summed E-state index contributed by atoms with van der Waals surface area (Å²) >= 11 is 0. The van der Waals surface area contributed by atoms with E-state index in [-0.39, 0.29) is 12.7 Å². The normalized spacial score (nSPS) is 30.2. The van der Waals surface area contributed by atoms with Crippen LogP contribution in [0.5, 0.6) is 0 Å². The van der Waals surface area contributed by atoms with E-state index in [2.05, 4.69) is 6.92 Å². The van der Waals surface area contributed by atoms with Crippen molar-refractivity contribution in [2.75, 3.05) is 13.2 Å². The first kappa shape index (κ1) is 27.8. The average Bonchev–Trinajstić information content (AvgIpc) is 2.75. The molecule has 7 atom stereocenters. The number of aliphatic hydroxyl groups is 3. The maximum atomic E-state index is 10.8. The number of unbranched alkanes of at least 4 members (excludes halogenated alkanes) is 7. The van der Waals surface area contributed by atoms with E-state index in [1.54, 1.807) is 0 Å². The van der Waals surface area contributed by atoms with Crippen LogP contribution in [0.1, 0.15) is 98.8 Å². The Labute approximate surface area is 184 Å². The summed E-state index contributed by atoms with van der Waals surface area (Å²) in [5, 5.41) is 31.3. The Bertz CT molecular complexity index is 432. The van der Waals surface area contributed by atoms with E-state index < -0.39 is 36.1 Å². The summed E-state index contributed by atoms with van der Waals surface area (Å²) in [5.74, 6) is 0. The fourth-order valence-corrected chi connectivity index (χ4v) is 4.05. The quantitative estimate of drug-likeness (QED) is 0.320. The molecule has 3 N–H and O–H groups in total. The predicted octanol–water partition coefficient (Wildman–Crippen LogP) is 3.98. The SMILES string of the molecule is CCCCCCCCCCOC(C)(CC)C1O[C@H](CO)[C@@H](OC(C)CC)[C@H](O)[C@H]1O. The molecule has 6 heteroatoms. The van der Waals surface area contributed by atoms with Crippen LogP contribution in [0.25, 0.3) is 0 Å². The largest absolute Gasteiger partial charge is 0.394 e. The molecule has 0 bridgehead atoms. The molecule has 1 fully saturated rings. The Hall–Kier alpha value is -0.240. The first-order chi connectivity index (χ1) is 14.3. The van der Waals surface area contributed by atoms with E-state index >= 15 is 0 Å². The van der Waals surface area contributed by atoms with Crippen LogP contribution in [0, 0.1) is 0 Å². The Morgan fingerprint density at radius 1 is 0.933 bits per heavy atom. The maximum Gasteiger partial charge on any atom is 0.115 e. The summed E-state index contributed by atoms with van der Waals surface area (Å²) in [6, 6.07) is 0. The number of ether oxygens (including phenoxy) is 3. The summed E-state index contributed by atoms with van der Waals surface area (Å²) in [5.41, 5.74) is -0.740. The lowest BCUT2D eigenvalue weighted by atomic mass is 9.84. The van der Waals surface area contributed by atoms with Gasteiger partial charge in [0.1, 0.15) is 30.5 Å². The molecule has 0 saturated carbocycles. The minimum atomic E-state index is -1.13. The molecule has 1 aliphatic rings. The van der Waals surface area contributed by atoms with E-state index in [1.165, 1.54) is 38.5 Å². The average molecular weight is 433 g/mol. The number of rotatable bonds is 16. The first-order valence-corrected chi connectivity index (χ1v) is 12.3. The van der Waals surface area contributed by atoms with Gasteiger partial charge in [0, 0.05) is 6.61 Å². The highest BCUT2D eigenvalue weighted by Gasteiger charge is 2.52. The minimum absolute atomic E-state index is 0.0955. The molecule has 0 amide bonds. The third-order valence-corrected chi connectivity index (χ3v) is 6.56. The van der Waals surface area contributed by atoms with Crippen molar-refractivity contribution in [3.05, 3.63) is 0 Å². The third-order valence-electron chi connectivity index (χ3n) is 6.56. The van der Waals surface area contributed by atoms with Crippen LogP contribution in [0.2, 0.25) is 0 Å². The molecule has 1 aliphatic heterocycles. The third kappa shape index (κ3) is 8.36. The van der Waals surface area contributed by atoms with Crippen molar-refractivity contribution in [3.63, 3.8) is 0 Å². The smallest absolute Gasteiger partial charge is 0.115 e. The first-order valence-electron chi connectivity index (χ1n) is 12.3. The molecule has 0 aromatic heterocycles. The van der Waals surface area contributed by atoms with E-state index in [0.29, 0.717) is 13.0 Å². The van der Waals surface area contributed by atoms with Gasteiger partial charge in [0.05, 0.1) is 18.3 Å². The summed E-state index contributed by atoms with van der Waals surface area (Å²) in [7, 11) is 0. The van der Waals surface area contributed by atoms with Gasteiger partial charge >= 0.3 is 0 Å². The highest BCUT2D eigenvalue weighted by molar-refractivity contribution is 5.00. The van der Waals surface area contributed by atoms with E-state index in [1.807, 2.05) is 27.7 Å². The standard InChI is InChI=1S/C24H48O6/c1-6-9-10-11-12-13-14-15-16-28-24(5,8-3)23-21(27)20(26)22(19(17-25)30-23)29-18(4)7-2/h18-23,25-27H,6-17H2,1-5H3/t18?,19-,20-,21-,22-,23?,24?/m1/s1. The van der Waals surface area contributed by atoms with Crippen molar-refractivity contribution < 1.29 is 29.5 Å². The molecule has 0 aliphatic carbocycles. The van der Waals surface area contributed by atoms with E-state index in [4.69, 9.17) is 14.2 Å². The van der Waals surface area contributed by atoms with Crippen molar-refractivity contribution in [1.29, 1.82) is 0 Å². The zero-order valence-electron chi connectivity index (χ0n) is 20.0. The second-order valence-electron chi connectivity index (χ2n) is 9.07. The summed E-state index contributed by atoms with van der Waals surface area (Å²) in [4.78, 5) is 0. The summed E-state index contributed by atoms with van der Waals surface area (Å²) < 4.78 is 18.1. The number of hydrogen-bond acceptors (Lipinski definition) is 6. The van der Waals surface area contributed by atoms with Crippen LogP contribution in [0.4, 0.5) is 0 Å². The summed E-state index contributed by atoms with van der Waals surface area (Å²) in [6.07, 6.45) is 6.70. The van der Waals surface area contributed by atoms with Crippen molar-refractivity contribution in [3.8, 4) is 0 Å². The fourth-order valence-electron chi connectivity index (χ4n) is 4.05. The zero-order chi connectivity index (χ0) is 22.6. The van der Waals surface area contributed by atoms with Gasteiger partial charge in [-0.3, -0.25) is 0 Å². The molecule has 0 radical (unpaired) electrons. The lowest BCUT2D eigenvalue weighted by molar-refractivity contribution is -0.288. The van der Waals surface area contributed by atoms with Crippen LogP contribution in [-0.2, 0) is 14.2 Å².